The predicted molar refractivity (Wildman–Crippen MR) is 74.2 cm³/mol. The van der Waals surface area contributed by atoms with Gasteiger partial charge in [0.15, 0.2) is 6.61 Å². The third-order valence-corrected chi connectivity index (χ3v) is 2.45. The zero-order valence-electron chi connectivity index (χ0n) is 11.5. The number of hydrogen-bond acceptors (Lipinski definition) is 4. The minimum Gasteiger partial charge on any atom is -0.484 e. The van der Waals surface area contributed by atoms with Crippen LogP contribution in [0.4, 0.5) is 0 Å². The summed E-state index contributed by atoms with van der Waals surface area (Å²) in [7, 11) is 1.59. The van der Waals surface area contributed by atoms with E-state index in [0.29, 0.717) is 18.9 Å². The average Bonchev–Trinajstić information content (AvgIpc) is 2.36. The van der Waals surface area contributed by atoms with Crippen molar-refractivity contribution in [2.75, 3.05) is 26.9 Å². The standard InChI is InChI=1S/C14H22N2O3/c1-11(15)8-12-4-3-5-13(9-12)19-10-14(17)16-6-7-18-2/h3-5,9,11H,6-8,10,15H2,1-2H3,(H,16,17). The van der Waals surface area contributed by atoms with Gasteiger partial charge in [0.1, 0.15) is 5.75 Å². The topological polar surface area (TPSA) is 73.6 Å². The number of nitrogens with one attached hydrogen (secondary N) is 1. The van der Waals surface area contributed by atoms with Crippen LogP contribution in [0.2, 0.25) is 0 Å². The fourth-order valence-corrected chi connectivity index (χ4v) is 1.63. The summed E-state index contributed by atoms with van der Waals surface area (Å²) in [6, 6.07) is 7.73. The Morgan fingerprint density at radius 3 is 2.95 bits per heavy atom. The molecule has 19 heavy (non-hydrogen) atoms. The summed E-state index contributed by atoms with van der Waals surface area (Å²) in [6.45, 7) is 2.95. The lowest BCUT2D eigenvalue weighted by Gasteiger charge is -2.09. The van der Waals surface area contributed by atoms with E-state index in [1.165, 1.54) is 0 Å². The van der Waals surface area contributed by atoms with Crippen LogP contribution in [0.25, 0.3) is 0 Å². The van der Waals surface area contributed by atoms with Crippen LogP contribution in [0.15, 0.2) is 24.3 Å². The minimum absolute atomic E-state index is 0.00530. The molecule has 0 aromatic heterocycles. The van der Waals surface area contributed by atoms with Gasteiger partial charge in [-0.15, -0.1) is 0 Å². The molecule has 0 aliphatic carbocycles. The summed E-state index contributed by atoms with van der Waals surface area (Å²) in [4.78, 5) is 11.4. The number of hydrogen-bond donors (Lipinski definition) is 2. The molecule has 5 nitrogen and oxygen atoms in total. The molecule has 0 saturated carbocycles. The number of amides is 1. The van der Waals surface area contributed by atoms with E-state index in [2.05, 4.69) is 5.32 Å². The van der Waals surface area contributed by atoms with Crippen molar-refractivity contribution in [3.8, 4) is 5.75 Å². The molecule has 1 rings (SSSR count). The summed E-state index contributed by atoms with van der Waals surface area (Å²) in [5.74, 6) is 0.523. The third-order valence-electron chi connectivity index (χ3n) is 2.45. The summed E-state index contributed by atoms with van der Waals surface area (Å²) >= 11 is 0. The van der Waals surface area contributed by atoms with E-state index in [4.69, 9.17) is 15.2 Å². The van der Waals surface area contributed by atoms with Crippen molar-refractivity contribution in [1.82, 2.24) is 5.32 Å². The highest BCUT2D eigenvalue weighted by molar-refractivity contribution is 5.77. The largest absolute Gasteiger partial charge is 0.484 e. The SMILES string of the molecule is COCCNC(=O)COc1cccc(CC(C)N)c1. The Bertz CT molecular complexity index is 394. The highest BCUT2D eigenvalue weighted by Crippen LogP contribution is 2.14. The lowest BCUT2D eigenvalue weighted by Crippen LogP contribution is -2.31. The lowest BCUT2D eigenvalue weighted by atomic mass is 10.1. The van der Waals surface area contributed by atoms with Crippen molar-refractivity contribution in [3.63, 3.8) is 0 Å². The first kappa shape index (κ1) is 15.5. The van der Waals surface area contributed by atoms with Crippen LogP contribution in [0.1, 0.15) is 12.5 Å². The van der Waals surface area contributed by atoms with Crippen LogP contribution in [0, 0.1) is 0 Å². The number of benzene rings is 1. The molecule has 0 heterocycles. The molecule has 0 aliphatic heterocycles. The van der Waals surface area contributed by atoms with Crippen LogP contribution < -0.4 is 15.8 Å². The second kappa shape index (κ2) is 8.50. The minimum atomic E-state index is -0.158. The number of ether oxygens (including phenoxy) is 2. The van der Waals surface area contributed by atoms with Crippen LogP contribution in [-0.4, -0.2) is 38.8 Å². The first-order valence-electron chi connectivity index (χ1n) is 6.34. The Morgan fingerprint density at radius 2 is 2.26 bits per heavy atom. The normalized spacial score (nSPS) is 11.9. The van der Waals surface area contributed by atoms with Gasteiger partial charge >= 0.3 is 0 Å². The molecule has 0 radical (unpaired) electrons. The first-order chi connectivity index (χ1) is 9.11. The molecule has 1 aromatic rings. The Balaban J connectivity index is 2.38. The van der Waals surface area contributed by atoms with Gasteiger partial charge in [-0.3, -0.25) is 4.79 Å². The van der Waals surface area contributed by atoms with E-state index in [0.717, 1.165) is 12.0 Å². The van der Waals surface area contributed by atoms with Crippen molar-refractivity contribution in [3.05, 3.63) is 29.8 Å². The van der Waals surface area contributed by atoms with E-state index < -0.39 is 0 Å². The Labute approximate surface area is 114 Å². The molecule has 0 bridgehead atoms. The van der Waals surface area contributed by atoms with E-state index in [-0.39, 0.29) is 18.6 Å². The van der Waals surface area contributed by atoms with Gasteiger partial charge < -0.3 is 20.5 Å². The molecule has 0 spiro atoms. The zero-order chi connectivity index (χ0) is 14.1. The van der Waals surface area contributed by atoms with Crippen molar-refractivity contribution >= 4 is 5.91 Å². The fraction of sp³-hybridized carbons (Fsp3) is 0.500. The quantitative estimate of drug-likeness (QED) is 0.680. The molecule has 1 unspecified atom stereocenters. The van der Waals surface area contributed by atoms with Crippen LogP contribution in [-0.2, 0) is 16.0 Å². The Kier molecular flexibility index (Phi) is 6.92. The molecule has 1 aromatic carbocycles. The van der Waals surface area contributed by atoms with E-state index >= 15 is 0 Å². The molecular formula is C14H22N2O3. The highest BCUT2D eigenvalue weighted by Gasteiger charge is 2.03. The summed E-state index contributed by atoms with van der Waals surface area (Å²) in [5.41, 5.74) is 6.85. The number of carbonyl (C=O) groups is 1. The van der Waals surface area contributed by atoms with Gasteiger partial charge in [0.25, 0.3) is 5.91 Å². The van der Waals surface area contributed by atoms with Crippen molar-refractivity contribution in [2.45, 2.75) is 19.4 Å². The molecular weight excluding hydrogens is 244 g/mol. The van der Waals surface area contributed by atoms with Gasteiger partial charge in [-0.2, -0.15) is 0 Å². The molecule has 0 aliphatic rings. The molecule has 0 saturated heterocycles. The van der Waals surface area contributed by atoms with Crippen molar-refractivity contribution in [2.24, 2.45) is 5.73 Å². The van der Waals surface area contributed by atoms with Gasteiger partial charge in [0.2, 0.25) is 0 Å². The maximum atomic E-state index is 11.4. The van der Waals surface area contributed by atoms with E-state index in [9.17, 15) is 4.79 Å². The molecule has 3 N–H and O–H groups in total. The molecule has 106 valence electrons. The van der Waals surface area contributed by atoms with Crippen molar-refractivity contribution in [1.29, 1.82) is 0 Å². The number of carbonyl (C=O) groups excluding carboxylic acids is 1. The van der Waals surface area contributed by atoms with Crippen LogP contribution >= 0.6 is 0 Å². The monoisotopic (exact) mass is 266 g/mol. The molecule has 1 amide bonds. The van der Waals surface area contributed by atoms with Gasteiger partial charge in [-0.25, -0.2) is 0 Å². The van der Waals surface area contributed by atoms with Crippen molar-refractivity contribution < 1.29 is 14.3 Å². The zero-order valence-corrected chi connectivity index (χ0v) is 11.5. The summed E-state index contributed by atoms with van der Waals surface area (Å²) in [6.07, 6.45) is 0.789. The first-order valence-corrected chi connectivity index (χ1v) is 6.34. The predicted octanol–water partition coefficient (Wildman–Crippen LogP) is 0.718. The molecule has 5 heteroatoms. The van der Waals surface area contributed by atoms with Gasteiger partial charge in [-0.1, -0.05) is 12.1 Å². The summed E-state index contributed by atoms with van der Waals surface area (Å²) < 4.78 is 10.3. The molecule has 1 atom stereocenters. The smallest absolute Gasteiger partial charge is 0.258 e. The third kappa shape index (κ3) is 6.79. The number of rotatable bonds is 8. The fourth-order valence-electron chi connectivity index (χ4n) is 1.63. The van der Waals surface area contributed by atoms with Crippen LogP contribution in [0.3, 0.4) is 0 Å². The highest BCUT2D eigenvalue weighted by atomic mass is 16.5. The number of nitrogens with two attached hydrogens (primary N) is 1. The van der Waals surface area contributed by atoms with E-state index in [1.807, 2.05) is 31.2 Å². The average molecular weight is 266 g/mol. The van der Waals surface area contributed by atoms with Gasteiger partial charge in [-0.05, 0) is 31.0 Å². The maximum Gasteiger partial charge on any atom is 0.258 e. The lowest BCUT2D eigenvalue weighted by molar-refractivity contribution is -0.123. The van der Waals surface area contributed by atoms with Gasteiger partial charge in [0, 0.05) is 19.7 Å². The Morgan fingerprint density at radius 1 is 1.47 bits per heavy atom. The van der Waals surface area contributed by atoms with E-state index in [1.54, 1.807) is 7.11 Å². The Hall–Kier alpha value is -1.59. The number of methoxy groups -OCH3 is 1. The molecule has 0 fully saturated rings. The summed E-state index contributed by atoms with van der Waals surface area (Å²) in [5, 5.41) is 2.69. The maximum absolute atomic E-state index is 11.4. The second-order valence-electron chi connectivity index (χ2n) is 4.46. The second-order valence-corrected chi connectivity index (χ2v) is 4.46. The van der Waals surface area contributed by atoms with Crippen LogP contribution in [0.5, 0.6) is 5.75 Å². The van der Waals surface area contributed by atoms with Gasteiger partial charge in [0.05, 0.1) is 6.61 Å².